The quantitative estimate of drug-likeness (QED) is 0.843. The van der Waals surface area contributed by atoms with E-state index in [2.05, 4.69) is 21.6 Å². The van der Waals surface area contributed by atoms with E-state index in [1.807, 2.05) is 6.92 Å². The molecule has 26 heavy (non-hydrogen) atoms. The minimum absolute atomic E-state index is 0.101. The van der Waals surface area contributed by atoms with E-state index in [1.54, 1.807) is 17.1 Å². The van der Waals surface area contributed by atoms with Crippen molar-refractivity contribution in [3.63, 3.8) is 0 Å². The first-order chi connectivity index (χ1) is 12.6. The Hall–Kier alpha value is -1.95. The summed E-state index contributed by atoms with van der Waals surface area (Å²) in [5.41, 5.74) is 5.08. The van der Waals surface area contributed by atoms with Crippen LogP contribution in [0.25, 0.3) is 0 Å². The van der Waals surface area contributed by atoms with E-state index in [-0.39, 0.29) is 5.56 Å². The summed E-state index contributed by atoms with van der Waals surface area (Å²) in [4.78, 5) is 18.9. The molecule has 0 radical (unpaired) electrons. The van der Waals surface area contributed by atoms with Crippen molar-refractivity contribution >= 4 is 0 Å². The fraction of sp³-hybridized carbons (Fsp3) is 0.650. The number of hydrogen-bond acceptors (Lipinski definition) is 4. The van der Waals surface area contributed by atoms with Crippen molar-refractivity contribution in [2.75, 3.05) is 13.1 Å². The molecule has 6 heteroatoms. The number of aromatic nitrogens is 4. The van der Waals surface area contributed by atoms with Gasteiger partial charge in [-0.05, 0) is 70.0 Å². The molecule has 2 aliphatic rings. The lowest BCUT2D eigenvalue weighted by Gasteiger charge is -2.32. The Balaban J connectivity index is 1.36. The molecule has 0 spiro atoms. The van der Waals surface area contributed by atoms with Gasteiger partial charge in [0, 0.05) is 31.9 Å². The fourth-order valence-electron chi connectivity index (χ4n) is 4.45. The van der Waals surface area contributed by atoms with Crippen LogP contribution < -0.4 is 5.56 Å². The predicted molar refractivity (Wildman–Crippen MR) is 101 cm³/mol. The second-order valence-electron chi connectivity index (χ2n) is 7.96. The van der Waals surface area contributed by atoms with E-state index in [0.717, 1.165) is 51.0 Å². The third kappa shape index (κ3) is 3.47. The molecule has 0 saturated carbocycles. The molecule has 0 bridgehead atoms. The highest BCUT2D eigenvalue weighted by molar-refractivity contribution is 5.28. The normalized spacial score (nSPS) is 18.8. The van der Waals surface area contributed by atoms with Gasteiger partial charge >= 0.3 is 0 Å². The maximum absolute atomic E-state index is 12.2. The highest BCUT2D eigenvalue weighted by Crippen LogP contribution is 2.26. The van der Waals surface area contributed by atoms with Gasteiger partial charge in [-0.25, -0.2) is 4.98 Å². The van der Waals surface area contributed by atoms with Crippen LogP contribution in [0.2, 0.25) is 0 Å². The van der Waals surface area contributed by atoms with Crippen molar-refractivity contribution in [3.8, 4) is 0 Å². The summed E-state index contributed by atoms with van der Waals surface area (Å²) in [6, 6.07) is 0. The molecule has 140 valence electrons. The topological polar surface area (TPSA) is 56.0 Å². The predicted octanol–water partition coefficient (Wildman–Crippen LogP) is 2.08. The van der Waals surface area contributed by atoms with Gasteiger partial charge in [0.05, 0.1) is 17.7 Å². The number of fused-ring (bicyclic) bond motifs is 1. The van der Waals surface area contributed by atoms with Gasteiger partial charge in [0.1, 0.15) is 0 Å². The van der Waals surface area contributed by atoms with Gasteiger partial charge in [0.2, 0.25) is 0 Å². The van der Waals surface area contributed by atoms with Gasteiger partial charge in [-0.2, -0.15) is 5.10 Å². The number of hydrogen-bond donors (Lipinski definition) is 0. The van der Waals surface area contributed by atoms with Gasteiger partial charge < -0.3 is 0 Å². The lowest BCUT2D eigenvalue weighted by Crippen LogP contribution is -2.36. The Morgan fingerprint density at radius 3 is 2.77 bits per heavy atom. The smallest absolute Gasteiger partial charge is 0.256 e. The van der Waals surface area contributed by atoms with Crippen LogP contribution in [0.4, 0.5) is 0 Å². The molecule has 0 aromatic carbocycles. The first-order valence-corrected chi connectivity index (χ1v) is 9.89. The van der Waals surface area contributed by atoms with E-state index in [4.69, 9.17) is 5.10 Å². The average Bonchev–Trinajstić information content (AvgIpc) is 2.96. The third-order valence-corrected chi connectivity index (χ3v) is 6.06. The Kier molecular flexibility index (Phi) is 4.94. The SMILES string of the molecule is Cc1cncn(CC2CCN(Cc3c4c(nn3C)CCCC4)CC2)c1=O. The van der Waals surface area contributed by atoms with Crippen molar-refractivity contribution in [2.45, 2.75) is 58.5 Å². The van der Waals surface area contributed by atoms with Crippen molar-refractivity contribution < 1.29 is 0 Å². The minimum Gasteiger partial charge on any atom is -0.299 e. The van der Waals surface area contributed by atoms with Crippen LogP contribution in [0.5, 0.6) is 0 Å². The number of piperidine rings is 1. The largest absolute Gasteiger partial charge is 0.299 e. The number of aryl methyl sites for hydroxylation is 3. The van der Waals surface area contributed by atoms with E-state index in [9.17, 15) is 4.79 Å². The van der Waals surface area contributed by atoms with Crippen LogP contribution in [0.1, 0.15) is 48.2 Å². The van der Waals surface area contributed by atoms with Crippen LogP contribution in [-0.4, -0.2) is 37.3 Å². The monoisotopic (exact) mass is 355 g/mol. The summed E-state index contributed by atoms with van der Waals surface area (Å²) >= 11 is 0. The lowest BCUT2D eigenvalue weighted by atomic mass is 9.94. The maximum Gasteiger partial charge on any atom is 0.256 e. The summed E-state index contributed by atoms with van der Waals surface area (Å²) in [5, 5.41) is 4.75. The van der Waals surface area contributed by atoms with Gasteiger partial charge in [0.25, 0.3) is 5.56 Å². The lowest BCUT2D eigenvalue weighted by molar-refractivity contribution is 0.162. The molecule has 4 rings (SSSR count). The first kappa shape index (κ1) is 17.5. The summed E-state index contributed by atoms with van der Waals surface area (Å²) in [7, 11) is 2.09. The van der Waals surface area contributed by atoms with Gasteiger partial charge in [-0.15, -0.1) is 0 Å². The molecule has 0 atom stereocenters. The Bertz CT molecular complexity index is 829. The molecular formula is C20H29N5O. The van der Waals surface area contributed by atoms with Gasteiger partial charge in [-0.3, -0.25) is 18.9 Å². The van der Waals surface area contributed by atoms with Crippen LogP contribution in [0.15, 0.2) is 17.3 Å². The molecule has 0 amide bonds. The molecule has 1 saturated heterocycles. The highest BCUT2D eigenvalue weighted by Gasteiger charge is 2.24. The second-order valence-corrected chi connectivity index (χ2v) is 7.96. The Labute approximate surface area is 154 Å². The molecule has 2 aromatic rings. The van der Waals surface area contributed by atoms with Gasteiger partial charge in [0.15, 0.2) is 0 Å². The molecule has 1 fully saturated rings. The fourth-order valence-corrected chi connectivity index (χ4v) is 4.45. The van der Waals surface area contributed by atoms with Crippen LogP contribution in [-0.2, 0) is 33.0 Å². The molecule has 3 heterocycles. The second kappa shape index (κ2) is 7.35. The Morgan fingerprint density at radius 2 is 1.96 bits per heavy atom. The van der Waals surface area contributed by atoms with Crippen molar-refractivity contribution in [1.29, 1.82) is 0 Å². The van der Waals surface area contributed by atoms with Crippen LogP contribution in [0, 0.1) is 12.8 Å². The standard InChI is InChI=1S/C20H29N5O/c1-15-11-21-14-25(20(15)26)12-16-7-9-24(10-8-16)13-19-17-5-3-4-6-18(17)22-23(19)2/h11,14,16H,3-10,12-13H2,1-2H3. The summed E-state index contributed by atoms with van der Waals surface area (Å²) in [6.45, 7) is 5.83. The van der Waals surface area contributed by atoms with E-state index >= 15 is 0 Å². The van der Waals surface area contributed by atoms with Crippen molar-refractivity contribution in [2.24, 2.45) is 13.0 Å². The molecule has 1 aliphatic carbocycles. The number of likely N-dealkylation sites (tertiary alicyclic amines) is 1. The molecule has 0 unspecified atom stereocenters. The number of nitrogens with zero attached hydrogens (tertiary/aromatic N) is 5. The molecule has 1 aliphatic heterocycles. The maximum atomic E-state index is 12.2. The van der Waals surface area contributed by atoms with E-state index in [1.165, 1.54) is 36.2 Å². The highest BCUT2D eigenvalue weighted by atomic mass is 16.1. The van der Waals surface area contributed by atoms with Crippen LogP contribution in [0.3, 0.4) is 0 Å². The molecule has 6 nitrogen and oxygen atoms in total. The van der Waals surface area contributed by atoms with Crippen molar-refractivity contribution in [3.05, 3.63) is 45.4 Å². The summed E-state index contributed by atoms with van der Waals surface area (Å²) < 4.78 is 3.90. The average molecular weight is 355 g/mol. The molecular weight excluding hydrogens is 326 g/mol. The minimum atomic E-state index is 0.101. The van der Waals surface area contributed by atoms with Crippen molar-refractivity contribution in [1.82, 2.24) is 24.2 Å². The molecule has 2 aromatic heterocycles. The Morgan fingerprint density at radius 1 is 1.19 bits per heavy atom. The van der Waals surface area contributed by atoms with Crippen LogP contribution >= 0.6 is 0 Å². The van der Waals surface area contributed by atoms with E-state index < -0.39 is 0 Å². The zero-order chi connectivity index (χ0) is 18.1. The first-order valence-electron chi connectivity index (χ1n) is 9.89. The van der Waals surface area contributed by atoms with Gasteiger partial charge in [-0.1, -0.05) is 0 Å². The third-order valence-electron chi connectivity index (χ3n) is 6.06. The summed E-state index contributed by atoms with van der Waals surface area (Å²) in [5.74, 6) is 0.563. The zero-order valence-electron chi connectivity index (χ0n) is 15.9. The summed E-state index contributed by atoms with van der Waals surface area (Å²) in [6.07, 6.45) is 10.5. The number of rotatable bonds is 4. The molecule has 0 N–H and O–H groups in total. The zero-order valence-corrected chi connectivity index (χ0v) is 15.9. The van der Waals surface area contributed by atoms with E-state index in [0.29, 0.717) is 5.92 Å².